The van der Waals surface area contributed by atoms with E-state index in [4.69, 9.17) is 10.5 Å². The third kappa shape index (κ3) is 5.03. The lowest BCUT2D eigenvalue weighted by Crippen LogP contribution is -2.19. The van der Waals surface area contributed by atoms with E-state index in [-0.39, 0.29) is 18.2 Å². The number of fused-ring (bicyclic) bond motifs is 2. The van der Waals surface area contributed by atoms with E-state index in [1.165, 1.54) is 6.33 Å². The molecule has 0 aliphatic rings. The molecule has 0 aliphatic carbocycles. The molecule has 35 heavy (non-hydrogen) atoms. The first-order chi connectivity index (χ1) is 17.1. The summed E-state index contributed by atoms with van der Waals surface area (Å²) in [7, 11) is 0. The van der Waals surface area contributed by atoms with Crippen LogP contribution in [0.5, 0.6) is 5.75 Å². The Kier molecular flexibility index (Phi) is 6.21. The maximum Gasteiger partial charge on any atom is 0.217 e. The summed E-state index contributed by atoms with van der Waals surface area (Å²) in [5, 5.41) is 9.71. The van der Waals surface area contributed by atoms with Gasteiger partial charge in [-0.1, -0.05) is 19.1 Å². The fourth-order valence-corrected chi connectivity index (χ4v) is 4.00. The summed E-state index contributed by atoms with van der Waals surface area (Å²) in [6, 6.07) is 17.6. The van der Waals surface area contributed by atoms with Gasteiger partial charge in [0.2, 0.25) is 5.91 Å². The van der Waals surface area contributed by atoms with Gasteiger partial charge < -0.3 is 15.8 Å². The number of benzene rings is 2. The second kappa shape index (κ2) is 9.76. The Morgan fingerprint density at radius 1 is 1.11 bits per heavy atom. The van der Waals surface area contributed by atoms with E-state index in [0.717, 1.165) is 33.2 Å². The van der Waals surface area contributed by atoms with Crippen molar-refractivity contribution in [3.8, 4) is 5.75 Å². The Bertz CT molecular complexity index is 1480. The van der Waals surface area contributed by atoms with E-state index in [9.17, 15) is 4.79 Å². The van der Waals surface area contributed by atoms with Crippen molar-refractivity contribution in [1.82, 2.24) is 24.7 Å². The molecule has 1 atom stereocenters. The summed E-state index contributed by atoms with van der Waals surface area (Å²) in [4.78, 5) is 24.5. The Labute approximate surface area is 202 Å². The van der Waals surface area contributed by atoms with Crippen LogP contribution in [-0.4, -0.2) is 37.2 Å². The van der Waals surface area contributed by atoms with Gasteiger partial charge >= 0.3 is 0 Å². The SMILES string of the molecule is C[C@@H](COc1cccc2ncnc(Nc3ccc4c(cnn4Cc4ccccn4)c3)c12)CC(N)=O. The van der Waals surface area contributed by atoms with Crippen LogP contribution in [0.4, 0.5) is 11.5 Å². The summed E-state index contributed by atoms with van der Waals surface area (Å²) in [5.41, 5.74) is 8.90. The summed E-state index contributed by atoms with van der Waals surface area (Å²) < 4.78 is 7.97. The molecule has 176 valence electrons. The second-order valence-corrected chi connectivity index (χ2v) is 8.48. The van der Waals surface area contributed by atoms with Crippen LogP contribution in [0, 0.1) is 5.92 Å². The lowest BCUT2D eigenvalue weighted by molar-refractivity contribution is -0.119. The van der Waals surface area contributed by atoms with Crippen LogP contribution in [0.1, 0.15) is 19.0 Å². The van der Waals surface area contributed by atoms with Crippen molar-refractivity contribution in [2.24, 2.45) is 11.7 Å². The Balaban J connectivity index is 1.41. The molecule has 9 heteroatoms. The van der Waals surface area contributed by atoms with Crippen molar-refractivity contribution in [1.29, 1.82) is 0 Å². The Hall–Kier alpha value is -4.53. The van der Waals surface area contributed by atoms with Crippen molar-refractivity contribution in [3.63, 3.8) is 0 Å². The smallest absolute Gasteiger partial charge is 0.217 e. The van der Waals surface area contributed by atoms with Crippen LogP contribution < -0.4 is 15.8 Å². The van der Waals surface area contributed by atoms with Gasteiger partial charge in [0, 0.05) is 23.7 Å². The maximum absolute atomic E-state index is 11.2. The Morgan fingerprint density at radius 2 is 2.03 bits per heavy atom. The van der Waals surface area contributed by atoms with E-state index >= 15 is 0 Å². The number of nitrogens with zero attached hydrogens (tertiary/aromatic N) is 5. The summed E-state index contributed by atoms with van der Waals surface area (Å²) in [6.07, 6.45) is 5.41. The normalized spacial score (nSPS) is 12.0. The van der Waals surface area contributed by atoms with Crippen LogP contribution in [0.3, 0.4) is 0 Å². The standard InChI is InChI=1S/C26H25N7O2/c1-17(11-24(27)34)15-35-23-7-4-6-21-25(23)26(30-16-29-21)32-19-8-9-22-18(12-19)13-31-33(22)14-20-5-2-3-10-28-20/h2-10,12-13,16-17H,11,14-15H2,1H3,(H2,27,34)(H,29,30,32)/t17-/m1/s1. The molecular formula is C26H25N7O2. The van der Waals surface area contributed by atoms with Crippen LogP contribution in [0.25, 0.3) is 21.8 Å². The zero-order chi connectivity index (χ0) is 24.2. The zero-order valence-electron chi connectivity index (χ0n) is 19.3. The average Bonchev–Trinajstić information content (AvgIpc) is 3.25. The quantitative estimate of drug-likeness (QED) is 0.335. The molecule has 5 aromatic rings. The van der Waals surface area contributed by atoms with Crippen molar-refractivity contribution in [2.45, 2.75) is 19.9 Å². The molecule has 0 radical (unpaired) electrons. The van der Waals surface area contributed by atoms with Crippen molar-refractivity contribution in [3.05, 3.63) is 79.0 Å². The minimum atomic E-state index is -0.344. The lowest BCUT2D eigenvalue weighted by Gasteiger charge is -2.15. The van der Waals surface area contributed by atoms with Crippen molar-refractivity contribution >= 4 is 39.2 Å². The van der Waals surface area contributed by atoms with E-state index < -0.39 is 0 Å². The number of pyridine rings is 1. The summed E-state index contributed by atoms with van der Waals surface area (Å²) in [5.74, 6) is 0.928. The van der Waals surface area contributed by atoms with Gasteiger partial charge in [-0.25, -0.2) is 9.97 Å². The lowest BCUT2D eigenvalue weighted by atomic mass is 10.1. The highest BCUT2D eigenvalue weighted by molar-refractivity contribution is 5.96. The molecule has 0 saturated heterocycles. The molecule has 5 rings (SSSR count). The van der Waals surface area contributed by atoms with E-state index in [1.54, 1.807) is 6.20 Å². The molecule has 3 aromatic heterocycles. The van der Waals surface area contributed by atoms with Crippen LogP contribution in [0.2, 0.25) is 0 Å². The molecule has 9 nitrogen and oxygen atoms in total. The van der Waals surface area contributed by atoms with Crippen molar-refractivity contribution in [2.75, 3.05) is 11.9 Å². The predicted octanol–water partition coefficient (Wildman–Crippen LogP) is 4.06. The molecule has 0 spiro atoms. The first-order valence-electron chi connectivity index (χ1n) is 11.3. The monoisotopic (exact) mass is 467 g/mol. The number of rotatable bonds is 9. The highest BCUT2D eigenvalue weighted by Gasteiger charge is 2.14. The third-order valence-corrected chi connectivity index (χ3v) is 5.64. The van der Waals surface area contributed by atoms with Gasteiger partial charge in [0.25, 0.3) is 0 Å². The van der Waals surface area contributed by atoms with Gasteiger partial charge in [-0.05, 0) is 48.4 Å². The molecule has 0 aliphatic heterocycles. The number of carbonyl (C=O) groups is 1. The molecule has 3 N–H and O–H groups in total. The van der Waals surface area contributed by atoms with Gasteiger partial charge in [0.1, 0.15) is 17.9 Å². The van der Waals surface area contributed by atoms with Gasteiger partial charge in [-0.2, -0.15) is 5.10 Å². The molecule has 0 saturated carbocycles. The molecule has 0 fully saturated rings. The fraction of sp³-hybridized carbons (Fsp3) is 0.192. The number of nitrogens with one attached hydrogen (secondary N) is 1. The topological polar surface area (TPSA) is 121 Å². The molecule has 0 unspecified atom stereocenters. The van der Waals surface area contributed by atoms with Crippen LogP contribution in [-0.2, 0) is 11.3 Å². The van der Waals surface area contributed by atoms with Gasteiger partial charge in [-0.15, -0.1) is 0 Å². The average molecular weight is 468 g/mol. The van der Waals surface area contributed by atoms with E-state index in [2.05, 4.69) is 25.4 Å². The number of carbonyl (C=O) groups excluding carboxylic acids is 1. The van der Waals surface area contributed by atoms with Gasteiger partial charge in [0.15, 0.2) is 0 Å². The summed E-state index contributed by atoms with van der Waals surface area (Å²) in [6.45, 7) is 2.88. The molecule has 0 bridgehead atoms. The van der Waals surface area contributed by atoms with Crippen LogP contribution >= 0.6 is 0 Å². The fourth-order valence-electron chi connectivity index (χ4n) is 4.00. The largest absolute Gasteiger partial charge is 0.492 e. The summed E-state index contributed by atoms with van der Waals surface area (Å²) >= 11 is 0. The molecule has 3 heterocycles. The van der Waals surface area contributed by atoms with E-state index in [0.29, 0.717) is 24.7 Å². The molecule has 2 aromatic carbocycles. The minimum absolute atomic E-state index is 0.00572. The number of nitrogens with two attached hydrogens (primary N) is 1. The predicted molar refractivity (Wildman–Crippen MR) is 134 cm³/mol. The molecular weight excluding hydrogens is 442 g/mol. The van der Waals surface area contributed by atoms with Crippen LogP contribution in [0.15, 0.2) is 73.3 Å². The van der Waals surface area contributed by atoms with E-state index in [1.807, 2.05) is 72.4 Å². The molecule has 1 amide bonds. The highest BCUT2D eigenvalue weighted by Crippen LogP contribution is 2.32. The number of aromatic nitrogens is 5. The third-order valence-electron chi connectivity index (χ3n) is 5.64. The highest BCUT2D eigenvalue weighted by atomic mass is 16.5. The number of amides is 1. The van der Waals surface area contributed by atoms with Gasteiger partial charge in [-0.3, -0.25) is 14.5 Å². The first-order valence-corrected chi connectivity index (χ1v) is 11.3. The minimum Gasteiger partial charge on any atom is -0.492 e. The number of anilines is 2. The first kappa shape index (κ1) is 22.3. The number of hydrogen-bond donors (Lipinski definition) is 2. The maximum atomic E-state index is 11.2. The second-order valence-electron chi connectivity index (χ2n) is 8.48. The van der Waals surface area contributed by atoms with Crippen molar-refractivity contribution < 1.29 is 9.53 Å². The Morgan fingerprint density at radius 3 is 2.86 bits per heavy atom. The number of hydrogen-bond acceptors (Lipinski definition) is 7. The number of primary amides is 1. The number of ether oxygens (including phenoxy) is 1. The van der Waals surface area contributed by atoms with Gasteiger partial charge in [0.05, 0.1) is 41.5 Å². The zero-order valence-corrected chi connectivity index (χ0v) is 19.3.